The predicted octanol–water partition coefficient (Wildman–Crippen LogP) is 2.09. The number of benzene rings is 2. The van der Waals surface area contributed by atoms with E-state index in [1.807, 2.05) is 0 Å². The Labute approximate surface area is 231 Å². The van der Waals surface area contributed by atoms with E-state index in [1.165, 1.54) is 0 Å². The third-order valence-electron chi connectivity index (χ3n) is 5.95. The van der Waals surface area contributed by atoms with E-state index < -0.39 is 23.8 Å². The van der Waals surface area contributed by atoms with Crippen LogP contribution >= 0.6 is 0 Å². The van der Waals surface area contributed by atoms with E-state index >= 15 is 0 Å². The minimum Gasteiger partial charge on any atom is -0.464 e. The lowest BCUT2D eigenvalue weighted by Gasteiger charge is -2.09. The molecule has 0 saturated carbocycles. The molecule has 0 bridgehead atoms. The summed E-state index contributed by atoms with van der Waals surface area (Å²) >= 11 is 0. The van der Waals surface area contributed by atoms with Crippen LogP contribution in [0.5, 0.6) is 0 Å². The van der Waals surface area contributed by atoms with Crippen LogP contribution in [-0.4, -0.2) is 55.3 Å². The molecule has 1 aliphatic heterocycles. The number of nitrogens with zero attached hydrogens (tertiary/aromatic N) is 2. The summed E-state index contributed by atoms with van der Waals surface area (Å²) in [7, 11) is 0. The van der Waals surface area contributed by atoms with Gasteiger partial charge in [0.1, 0.15) is 6.04 Å². The van der Waals surface area contributed by atoms with Gasteiger partial charge < -0.3 is 31.7 Å². The quantitative estimate of drug-likeness (QED) is 0.143. The number of ether oxygens (including phenoxy) is 1. The maximum atomic E-state index is 12.1. The molecule has 2 aromatic rings. The van der Waals surface area contributed by atoms with Crippen LogP contribution < -0.4 is 27.0 Å². The highest BCUT2D eigenvalue weighted by Crippen LogP contribution is 2.23. The minimum atomic E-state index is -0.649. The Hall–Kier alpha value is -4.81. The summed E-state index contributed by atoms with van der Waals surface area (Å²) in [5.74, 6) is -2.36. The molecule has 2 aromatic carbocycles. The molecule has 1 aliphatic rings. The van der Waals surface area contributed by atoms with E-state index in [4.69, 9.17) is 10.5 Å². The second kappa shape index (κ2) is 15.0. The first-order valence-corrected chi connectivity index (χ1v) is 12.9. The van der Waals surface area contributed by atoms with Gasteiger partial charge in [0.15, 0.2) is 0 Å². The van der Waals surface area contributed by atoms with E-state index in [0.717, 1.165) is 0 Å². The number of rotatable bonds is 13. The van der Waals surface area contributed by atoms with Gasteiger partial charge in [0.25, 0.3) is 0 Å². The van der Waals surface area contributed by atoms with E-state index in [-0.39, 0.29) is 43.8 Å². The van der Waals surface area contributed by atoms with Crippen LogP contribution in [0.2, 0.25) is 0 Å². The second-order valence-corrected chi connectivity index (χ2v) is 9.08. The predicted molar refractivity (Wildman–Crippen MR) is 147 cm³/mol. The molecule has 6 N–H and O–H groups in total. The maximum absolute atomic E-state index is 12.1. The Balaban J connectivity index is 1.28. The maximum Gasteiger partial charge on any atom is 0.328 e. The fourth-order valence-corrected chi connectivity index (χ4v) is 3.88. The fourth-order valence-electron chi connectivity index (χ4n) is 3.88. The zero-order valence-corrected chi connectivity index (χ0v) is 22.1. The SMILES string of the molecule is CCOC(=O)[C@@H]1C[C@@H](CCCC(=O)NCC(=O)NCC(=O)Nc2ccc(/N=N/c3ccc(N)cc3)cc2)C(=O)N1. The van der Waals surface area contributed by atoms with Crippen molar-refractivity contribution < 1.29 is 28.7 Å². The van der Waals surface area contributed by atoms with E-state index in [9.17, 15) is 24.0 Å². The number of hydrogen-bond acceptors (Lipinski definition) is 9. The third kappa shape index (κ3) is 9.82. The lowest BCUT2D eigenvalue weighted by atomic mass is 9.98. The standard InChI is InChI=1S/C27H33N7O6/c1-2-40-27(39)22-14-17(26(38)32-22)4-3-5-23(35)29-15-24(36)30-16-25(37)31-19-10-12-21(13-11-19)34-33-20-8-6-18(28)7-9-20/h6-13,17,22H,2-5,14-16,28H2,1H3,(H,29,35)(H,30,36)(H,31,37)(H,32,38)/b34-33+/t17-,22+/m1/s1. The van der Waals surface area contributed by atoms with Gasteiger partial charge in [-0.15, -0.1) is 0 Å². The number of amides is 4. The molecule has 0 aliphatic carbocycles. The highest BCUT2D eigenvalue weighted by Gasteiger charge is 2.36. The molecule has 1 saturated heterocycles. The van der Waals surface area contributed by atoms with Crippen LogP contribution in [0.25, 0.3) is 0 Å². The number of anilines is 2. The van der Waals surface area contributed by atoms with Crippen LogP contribution in [0.4, 0.5) is 22.7 Å². The Kier molecular flexibility index (Phi) is 11.1. The summed E-state index contributed by atoms with van der Waals surface area (Å²) in [6.45, 7) is 1.38. The van der Waals surface area contributed by atoms with Crippen molar-refractivity contribution in [3.05, 3.63) is 48.5 Å². The van der Waals surface area contributed by atoms with Crippen molar-refractivity contribution in [3.63, 3.8) is 0 Å². The molecule has 0 spiro atoms. The number of nitrogens with one attached hydrogen (secondary N) is 4. The van der Waals surface area contributed by atoms with Gasteiger partial charge in [0.05, 0.1) is 31.1 Å². The lowest BCUT2D eigenvalue weighted by molar-refractivity contribution is -0.146. The van der Waals surface area contributed by atoms with E-state index in [2.05, 4.69) is 31.5 Å². The molecular formula is C27H33N7O6. The molecule has 0 unspecified atom stereocenters. The first-order chi connectivity index (χ1) is 19.2. The molecule has 40 heavy (non-hydrogen) atoms. The Bertz CT molecular complexity index is 1230. The number of nitrogen functional groups attached to an aromatic ring is 1. The molecule has 3 rings (SSSR count). The highest BCUT2D eigenvalue weighted by atomic mass is 16.5. The molecule has 4 amide bonds. The molecule has 1 heterocycles. The number of nitrogens with two attached hydrogens (primary N) is 1. The minimum absolute atomic E-state index is 0.122. The molecule has 13 heteroatoms. The molecule has 0 radical (unpaired) electrons. The van der Waals surface area contributed by atoms with Crippen LogP contribution in [0, 0.1) is 5.92 Å². The molecular weight excluding hydrogens is 518 g/mol. The van der Waals surface area contributed by atoms with Gasteiger partial charge in [-0.1, -0.05) is 0 Å². The summed E-state index contributed by atoms with van der Waals surface area (Å²) in [6.07, 6.45) is 1.32. The molecule has 13 nitrogen and oxygen atoms in total. The molecule has 1 fully saturated rings. The van der Waals surface area contributed by atoms with Gasteiger partial charge in [0.2, 0.25) is 23.6 Å². The van der Waals surface area contributed by atoms with Crippen molar-refractivity contribution in [2.45, 2.75) is 38.6 Å². The lowest BCUT2D eigenvalue weighted by Crippen LogP contribution is -2.40. The van der Waals surface area contributed by atoms with Gasteiger partial charge in [-0.3, -0.25) is 19.2 Å². The average molecular weight is 552 g/mol. The van der Waals surface area contributed by atoms with Gasteiger partial charge in [0, 0.05) is 23.7 Å². The number of carbonyl (C=O) groups excluding carboxylic acids is 5. The molecule has 212 valence electrons. The largest absolute Gasteiger partial charge is 0.464 e. The van der Waals surface area contributed by atoms with Crippen molar-refractivity contribution in [1.82, 2.24) is 16.0 Å². The van der Waals surface area contributed by atoms with Crippen molar-refractivity contribution in [3.8, 4) is 0 Å². The van der Waals surface area contributed by atoms with Gasteiger partial charge in [-0.05, 0) is 74.7 Å². The Morgan fingerprint density at radius 3 is 2.17 bits per heavy atom. The zero-order chi connectivity index (χ0) is 28.9. The van der Waals surface area contributed by atoms with Gasteiger partial charge in [-0.25, -0.2) is 4.79 Å². The highest BCUT2D eigenvalue weighted by molar-refractivity contribution is 5.95. The van der Waals surface area contributed by atoms with Crippen LogP contribution in [-0.2, 0) is 28.7 Å². The van der Waals surface area contributed by atoms with Crippen molar-refractivity contribution >= 4 is 52.3 Å². The average Bonchev–Trinajstić information content (AvgIpc) is 3.31. The van der Waals surface area contributed by atoms with Crippen LogP contribution in [0.1, 0.15) is 32.6 Å². The number of hydrogen-bond donors (Lipinski definition) is 5. The third-order valence-corrected chi connectivity index (χ3v) is 5.95. The van der Waals surface area contributed by atoms with Gasteiger partial charge in [-0.2, -0.15) is 10.2 Å². The topological polar surface area (TPSA) is 193 Å². The number of azo groups is 1. The summed E-state index contributed by atoms with van der Waals surface area (Å²) in [5.41, 5.74) is 8.04. The first kappa shape index (κ1) is 29.7. The summed E-state index contributed by atoms with van der Waals surface area (Å²) in [4.78, 5) is 60.0. The number of carbonyl (C=O) groups is 5. The number of esters is 1. The monoisotopic (exact) mass is 551 g/mol. The van der Waals surface area contributed by atoms with Crippen LogP contribution in [0.3, 0.4) is 0 Å². The summed E-state index contributed by atoms with van der Waals surface area (Å²) in [5, 5.41) is 18.4. The fraction of sp³-hybridized carbons (Fsp3) is 0.370. The van der Waals surface area contributed by atoms with Gasteiger partial charge >= 0.3 is 5.97 Å². The normalized spacial score (nSPS) is 16.3. The van der Waals surface area contributed by atoms with Crippen molar-refractivity contribution in [2.75, 3.05) is 30.7 Å². The Morgan fingerprint density at radius 1 is 0.925 bits per heavy atom. The van der Waals surface area contributed by atoms with Crippen LogP contribution in [0.15, 0.2) is 58.8 Å². The zero-order valence-electron chi connectivity index (χ0n) is 22.1. The van der Waals surface area contributed by atoms with Crippen molar-refractivity contribution in [2.24, 2.45) is 16.1 Å². The van der Waals surface area contributed by atoms with E-state index in [1.54, 1.807) is 55.5 Å². The smallest absolute Gasteiger partial charge is 0.328 e. The molecule has 0 aromatic heterocycles. The summed E-state index contributed by atoms with van der Waals surface area (Å²) < 4.78 is 4.92. The first-order valence-electron chi connectivity index (χ1n) is 12.9. The van der Waals surface area contributed by atoms with Crippen molar-refractivity contribution in [1.29, 1.82) is 0 Å². The molecule has 2 atom stereocenters. The Morgan fingerprint density at radius 2 is 1.52 bits per heavy atom. The second-order valence-electron chi connectivity index (χ2n) is 9.08. The van der Waals surface area contributed by atoms with E-state index in [0.29, 0.717) is 42.0 Å². The summed E-state index contributed by atoms with van der Waals surface area (Å²) in [6, 6.07) is 13.0.